The van der Waals surface area contributed by atoms with Crippen LogP contribution in [0.25, 0.3) is 21.5 Å². The van der Waals surface area contributed by atoms with E-state index in [1.54, 1.807) is 24.0 Å². The van der Waals surface area contributed by atoms with Gasteiger partial charge < -0.3 is 25.5 Å². The molecule has 0 bridgehead atoms. The number of furan rings is 1. The first-order chi connectivity index (χ1) is 15.0. The van der Waals surface area contributed by atoms with Crippen LogP contribution in [0.5, 0.6) is 0 Å². The third-order valence-corrected chi connectivity index (χ3v) is 6.47. The first-order valence-corrected chi connectivity index (χ1v) is 10.7. The number of hydrogen-bond acceptors (Lipinski definition) is 9. The number of piperidine rings is 1. The third-order valence-electron chi connectivity index (χ3n) is 5.38. The van der Waals surface area contributed by atoms with E-state index in [1.807, 2.05) is 0 Å². The Morgan fingerprint density at radius 1 is 1.39 bits per heavy atom. The summed E-state index contributed by atoms with van der Waals surface area (Å²) in [5.41, 5.74) is 13.2. The van der Waals surface area contributed by atoms with E-state index >= 15 is 0 Å². The topological polar surface area (TPSA) is 148 Å². The van der Waals surface area contributed by atoms with E-state index in [0.29, 0.717) is 59.0 Å². The molecular weight excluding hydrogens is 418 g/mol. The van der Waals surface area contributed by atoms with Gasteiger partial charge in [0.1, 0.15) is 32.9 Å². The highest BCUT2D eigenvalue weighted by Crippen LogP contribution is 2.43. The van der Waals surface area contributed by atoms with Crippen molar-refractivity contribution in [2.75, 3.05) is 31.2 Å². The van der Waals surface area contributed by atoms with Gasteiger partial charge in [-0.3, -0.25) is 9.59 Å². The molecule has 1 aliphatic heterocycles. The smallest absolute Gasteiger partial charge is 0.309 e. The van der Waals surface area contributed by atoms with Crippen LogP contribution in [0.15, 0.2) is 22.8 Å². The second kappa shape index (κ2) is 8.28. The minimum Gasteiger partial charge on any atom is -0.466 e. The molecule has 3 aromatic rings. The summed E-state index contributed by atoms with van der Waals surface area (Å²) in [5, 5.41) is 10.1. The molecule has 3 aromatic heterocycles. The van der Waals surface area contributed by atoms with E-state index in [1.165, 1.54) is 6.26 Å². The maximum absolute atomic E-state index is 13.2. The number of fused-ring (bicyclic) bond motifs is 1. The minimum atomic E-state index is -0.231. The van der Waals surface area contributed by atoms with Crippen molar-refractivity contribution in [2.24, 2.45) is 5.92 Å². The fraction of sp³-hybridized carbons (Fsp3) is 0.333. The molecule has 0 unspecified atom stereocenters. The Morgan fingerprint density at radius 2 is 2.13 bits per heavy atom. The average molecular weight is 439 g/mol. The molecule has 0 radical (unpaired) electrons. The van der Waals surface area contributed by atoms with Crippen molar-refractivity contribution in [3.8, 4) is 17.4 Å². The molecule has 4 N–H and O–H groups in total. The van der Waals surface area contributed by atoms with E-state index in [2.05, 4.69) is 11.1 Å². The number of likely N-dealkylation sites (tertiary alicyclic amines) is 1. The number of nitriles is 1. The van der Waals surface area contributed by atoms with Crippen LogP contribution in [-0.4, -0.2) is 41.5 Å². The molecule has 0 saturated carbocycles. The lowest BCUT2D eigenvalue weighted by molar-refractivity contribution is -0.149. The number of ether oxygens (including phenoxy) is 1. The number of pyridine rings is 1. The van der Waals surface area contributed by atoms with E-state index in [-0.39, 0.29) is 34.9 Å². The summed E-state index contributed by atoms with van der Waals surface area (Å²) in [6.45, 7) is 2.98. The van der Waals surface area contributed by atoms with E-state index < -0.39 is 0 Å². The Kier molecular flexibility index (Phi) is 5.52. The monoisotopic (exact) mass is 439 g/mol. The first kappa shape index (κ1) is 20.7. The standard InChI is InChI=1S/C21H21N5O4S/c1-2-29-21(28)11-5-7-26(8-6-11)20(27)17-16(23)15-14(13-4-3-9-30-13)12(10-22)18(24)25-19(15)31-17/h3-4,9,11H,2,5-8,23H2,1H3,(H2,24,25). The molecule has 4 heterocycles. The van der Waals surface area contributed by atoms with Crippen LogP contribution in [0.2, 0.25) is 0 Å². The van der Waals surface area contributed by atoms with Gasteiger partial charge in [-0.1, -0.05) is 0 Å². The second-order valence-corrected chi connectivity index (χ2v) is 8.18. The predicted octanol–water partition coefficient (Wildman–Crippen LogP) is 3.01. The molecule has 0 spiro atoms. The molecule has 1 fully saturated rings. The minimum absolute atomic E-state index is 0.0527. The van der Waals surface area contributed by atoms with Gasteiger partial charge in [-0.25, -0.2) is 4.98 Å². The zero-order valence-electron chi connectivity index (χ0n) is 16.9. The Balaban J connectivity index is 1.69. The molecule has 1 saturated heterocycles. The fourth-order valence-corrected chi connectivity index (χ4v) is 4.91. The molecule has 1 aliphatic rings. The van der Waals surface area contributed by atoms with E-state index in [9.17, 15) is 14.9 Å². The fourth-order valence-electron chi connectivity index (χ4n) is 3.83. The Labute approximate surface area is 182 Å². The van der Waals surface area contributed by atoms with Crippen LogP contribution in [0.4, 0.5) is 11.5 Å². The average Bonchev–Trinajstić information content (AvgIpc) is 3.41. The summed E-state index contributed by atoms with van der Waals surface area (Å²) in [4.78, 5) is 32.0. The highest BCUT2D eigenvalue weighted by molar-refractivity contribution is 7.21. The quantitative estimate of drug-likeness (QED) is 0.589. The Bertz CT molecular complexity index is 1190. The zero-order chi connectivity index (χ0) is 22.1. The number of rotatable bonds is 4. The number of nitrogen functional groups attached to an aromatic ring is 2. The van der Waals surface area contributed by atoms with Crippen molar-refractivity contribution in [1.82, 2.24) is 9.88 Å². The van der Waals surface area contributed by atoms with Gasteiger partial charge in [0.15, 0.2) is 0 Å². The van der Waals surface area contributed by atoms with Crippen molar-refractivity contribution < 1.29 is 18.7 Å². The lowest BCUT2D eigenvalue weighted by Crippen LogP contribution is -2.40. The number of nitrogens with zero attached hydrogens (tertiary/aromatic N) is 3. The van der Waals surface area contributed by atoms with Gasteiger partial charge in [0.2, 0.25) is 0 Å². The van der Waals surface area contributed by atoms with E-state index in [0.717, 1.165) is 11.3 Å². The normalized spacial score (nSPS) is 14.5. The Morgan fingerprint density at radius 3 is 2.74 bits per heavy atom. The zero-order valence-corrected chi connectivity index (χ0v) is 17.7. The largest absolute Gasteiger partial charge is 0.466 e. The lowest BCUT2D eigenvalue weighted by atomic mass is 9.96. The maximum atomic E-state index is 13.2. The van der Waals surface area contributed by atoms with Crippen molar-refractivity contribution in [2.45, 2.75) is 19.8 Å². The van der Waals surface area contributed by atoms with Gasteiger partial charge in [0.05, 0.1) is 30.0 Å². The van der Waals surface area contributed by atoms with Crippen LogP contribution in [0, 0.1) is 17.2 Å². The third kappa shape index (κ3) is 3.57. The number of nitrogens with two attached hydrogens (primary N) is 2. The van der Waals surface area contributed by atoms with Crippen LogP contribution < -0.4 is 11.5 Å². The summed E-state index contributed by atoms with van der Waals surface area (Å²) >= 11 is 1.14. The van der Waals surface area contributed by atoms with Crippen molar-refractivity contribution in [3.63, 3.8) is 0 Å². The highest BCUT2D eigenvalue weighted by Gasteiger charge is 2.32. The molecule has 1 amide bonds. The van der Waals surface area contributed by atoms with Gasteiger partial charge in [-0.2, -0.15) is 5.26 Å². The molecule has 0 aliphatic carbocycles. The summed E-state index contributed by atoms with van der Waals surface area (Å²) < 4.78 is 10.6. The second-order valence-electron chi connectivity index (χ2n) is 7.18. The van der Waals surface area contributed by atoms with Crippen molar-refractivity contribution in [1.29, 1.82) is 5.26 Å². The number of carbonyl (C=O) groups excluding carboxylic acids is 2. The molecule has 160 valence electrons. The number of hydrogen-bond donors (Lipinski definition) is 2. The molecular formula is C21H21N5O4S. The summed E-state index contributed by atoms with van der Waals surface area (Å²) in [5.74, 6) is -0.173. The number of carbonyl (C=O) groups is 2. The SMILES string of the molecule is CCOC(=O)C1CCN(C(=O)c2sc3nc(N)c(C#N)c(-c4ccco4)c3c2N)CC1. The van der Waals surface area contributed by atoms with Gasteiger partial charge in [0, 0.05) is 18.5 Å². The first-order valence-electron chi connectivity index (χ1n) is 9.87. The van der Waals surface area contributed by atoms with Gasteiger partial charge in [-0.15, -0.1) is 11.3 Å². The summed E-state index contributed by atoms with van der Waals surface area (Å²) in [7, 11) is 0. The van der Waals surface area contributed by atoms with Crippen LogP contribution in [0.3, 0.4) is 0 Å². The highest BCUT2D eigenvalue weighted by atomic mass is 32.1. The van der Waals surface area contributed by atoms with Crippen LogP contribution in [-0.2, 0) is 9.53 Å². The predicted molar refractivity (Wildman–Crippen MR) is 116 cm³/mol. The van der Waals surface area contributed by atoms with Crippen LogP contribution >= 0.6 is 11.3 Å². The van der Waals surface area contributed by atoms with Gasteiger partial charge in [-0.05, 0) is 31.9 Å². The number of aromatic nitrogens is 1. The van der Waals surface area contributed by atoms with Gasteiger partial charge in [0.25, 0.3) is 5.91 Å². The van der Waals surface area contributed by atoms with Crippen LogP contribution in [0.1, 0.15) is 35.0 Å². The molecule has 31 heavy (non-hydrogen) atoms. The summed E-state index contributed by atoms with van der Waals surface area (Å²) in [6.07, 6.45) is 2.56. The molecule has 4 rings (SSSR count). The number of anilines is 2. The van der Waals surface area contributed by atoms with Crippen molar-refractivity contribution >= 4 is 44.9 Å². The summed E-state index contributed by atoms with van der Waals surface area (Å²) in [6, 6.07) is 5.46. The molecule has 10 heteroatoms. The lowest BCUT2D eigenvalue weighted by Gasteiger charge is -2.30. The number of esters is 1. The Hall–Kier alpha value is -3.58. The molecule has 0 aromatic carbocycles. The number of thiophene rings is 1. The number of amides is 1. The van der Waals surface area contributed by atoms with Crippen molar-refractivity contribution in [3.05, 3.63) is 28.8 Å². The maximum Gasteiger partial charge on any atom is 0.309 e. The van der Waals surface area contributed by atoms with E-state index in [4.69, 9.17) is 20.6 Å². The molecule has 0 atom stereocenters. The molecule has 9 nitrogen and oxygen atoms in total. The van der Waals surface area contributed by atoms with Gasteiger partial charge >= 0.3 is 5.97 Å².